The molecule has 0 amide bonds. The molecule has 0 aliphatic carbocycles. The van der Waals surface area contributed by atoms with Crippen LogP contribution in [0.5, 0.6) is 5.75 Å². The summed E-state index contributed by atoms with van der Waals surface area (Å²) in [5, 5.41) is 9.23. The molecule has 0 radical (unpaired) electrons. The first-order valence-electron chi connectivity index (χ1n) is 3.20. The van der Waals surface area contributed by atoms with Crippen molar-refractivity contribution in [3.05, 3.63) is 35.9 Å². The summed E-state index contributed by atoms with van der Waals surface area (Å²) in [4.78, 5) is 0. The Labute approximate surface area is 66.0 Å². The van der Waals surface area contributed by atoms with Gasteiger partial charge in [-0.15, -0.1) is 6.42 Å². The van der Waals surface area contributed by atoms with Crippen LogP contribution in [0, 0.1) is 12.3 Å². The summed E-state index contributed by atoms with van der Waals surface area (Å²) in [6.45, 7) is 3.57. The average molecular weight is 144 g/mol. The molecule has 0 fully saturated rings. The summed E-state index contributed by atoms with van der Waals surface area (Å²) in [5.74, 6) is 2.52. The third-order valence-electron chi connectivity index (χ3n) is 1.44. The van der Waals surface area contributed by atoms with Gasteiger partial charge in [0.05, 0.1) is 5.56 Å². The lowest BCUT2D eigenvalue weighted by molar-refractivity contribution is 0.473. The number of phenolic OH excluding ortho intramolecular Hbond substituents is 1. The van der Waals surface area contributed by atoms with Crippen LogP contribution in [-0.2, 0) is 0 Å². The van der Waals surface area contributed by atoms with Crippen LogP contribution in [0.4, 0.5) is 0 Å². The van der Waals surface area contributed by atoms with Crippen LogP contribution in [0.3, 0.4) is 0 Å². The molecule has 0 aliphatic heterocycles. The Hall–Kier alpha value is -1.68. The summed E-state index contributed by atoms with van der Waals surface area (Å²) in [5.41, 5.74) is 1.29. The molecule has 1 heteroatoms. The van der Waals surface area contributed by atoms with Crippen LogP contribution in [0.1, 0.15) is 11.1 Å². The van der Waals surface area contributed by atoms with Crippen LogP contribution >= 0.6 is 0 Å². The van der Waals surface area contributed by atoms with E-state index < -0.39 is 0 Å². The second-order valence-electron chi connectivity index (χ2n) is 2.09. The zero-order valence-corrected chi connectivity index (χ0v) is 6.04. The van der Waals surface area contributed by atoms with E-state index in [1.807, 2.05) is 6.07 Å². The lowest BCUT2D eigenvalue weighted by atomic mass is 10.1. The average Bonchev–Trinajstić information content (AvgIpc) is 2.04. The van der Waals surface area contributed by atoms with E-state index in [1.54, 1.807) is 18.2 Å². The second kappa shape index (κ2) is 2.94. The lowest BCUT2D eigenvalue weighted by Crippen LogP contribution is -1.81. The second-order valence-corrected chi connectivity index (χ2v) is 2.09. The van der Waals surface area contributed by atoms with Crippen molar-refractivity contribution in [2.75, 3.05) is 0 Å². The molecular weight excluding hydrogens is 136 g/mol. The number of hydrogen-bond donors (Lipinski definition) is 1. The van der Waals surface area contributed by atoms with Crippen molar-refractivity contribution in [1.29, 1.82) is 0 Å². The molecule has 0 atom stereocenters. The van der Waals surface area contributed by atoms with Crippen molar-refractivity contribution in [2.45, 2.75) is 0 Å². The van der Waals surface area contributed by atoms with Gasteiger partial charge in [-0.3, -0.25) is 0 Å². The number of terminal acetylenes is 1. The minimum absolute atomic E-state index is 0.130. The maximum absolute atomic E-state index is 9.23. The Balaban J connectivity index is 3.38. The Morgan fingerprint density at radius 2 is 2.27 bits per heavy atom. The lowest BCUT2D eigenvalue weighted by Gasteiger charge is -1.99. The van der Waals surface area contributed by atoms with E-state index in [4.69, 9.17) is 6.42 Å². The molecule has 0 heterocycles. The van der Waals surface area contributed by atoms with Crippen LogP contribution < -0.4 is 0 Å². The van der Waals surface area contributed by atoms with E-state index in [1.165, 1.54) is 0 Å². The van der Waals surface area contributed by atoms with Crippen molar-refractivity contribution in [3.63, 3.8) is 0 Å². The summed E-state index contributed by atoms with van der Waals surface area (Å²) >= 11 is 0. The van der Waals surface area contributed by atoms with Gasteiger partial charge >= 0.3 is 0 Å². The number of benzene rings is 1. The van der Waals surface area contributed by atoms with E-state index in [0.29, 0.717) is 5.56 Å². The molecule has 54 valence electrons. The first-order chi connectivity index (χ1) is 5.29. The Bertz CT molecular complexity index is 318. The monoisotopic (exact) mass is 144 g/mol. The largest absolute Gasteiger partial charge is 0.507 e. The van der Waals surface area contributed by atoms with Gasteiger partial charge in [0.1, 0.15) is 5.75 Å². The van der Waals surface area contributed by atoms with Gasteiger partial charge in [0.25, 0.3) is 0 Å². The number of hydrogen-bond acceptors (Lipinski definition) is 1. The zero-order chi connectivity index (χ0) is 8.27. The molecule has 0 spiro atoms. The van der Waals surface area contributed by atoms with E-state index >= 15 is 0 Å². The summed E-state index contributed by atoms with van der Waals surface area (Å²) in [6.07, 6.45) is 6.79. The summed E-state index contributed by atoms with van der Waals surface area (Å²) in [6, 6.07) is 5.09. The van der Waals surface area contributed by atoms with Gasteiger partial charge in [0, 0.05) is 0 Å². The Kier molecular flexibility index (Phi) is 1.98. The van der Waals surface area contributed by atoms with Crippen molar-refractivity contribution in [1.82, 2.24) is 0 Å². The first-order valence-corrected chi connectivity index (χ1v) is 3.20. The van der Waals surface area contributed by atoms with Gasteiger partial charge in [0.2, 0.25) is 0 Å². The molecule has 11 heavy (non-hydrogen) atoms. The minimum Gasteiger partial charge on any atom is -0.507 e. The van der Waals surface area contributed by atoms with E-state index in [-0.39, 0.29) is 5.75 Å². The maximum atomic E-state index is 9.23. The highest BCUT2D eigenvalue weighted by atomic mass is 16.3. The van der Waals surface area contributed by atoms with Crippen LogP contribution in [0.15, 0.2) is 24.8 Å². The fourth-order valence-electron chi connectivity index (χ4n) is 0.885. The molecule has 1 rings (SSSR count). The van der Waals surface area contributed by atoms with Gasteiger partial charge in [-0.05, 0) is 11.6 Å². The zero-order valence-electron chi connectivity index (χ0n) is 6.04. The molecule has 0 saturated heterocycles. The third-order valence-corrected chi connectivity index (χ3v) is 1.44. The SMILES string of the molecule is C#Cc1c(O)cccc1C=C. The molecule has 1 aromatic rings. The minimum atomic E-state index is 0.130. The maximum Gasteiger partial charge on any atom is 0.131 e. The normalized spacial score (nSPS) is 8.64. The molecule has 1 N–H and O–H groups in total. The molecule has 0 bridgehead atoms. The standard InChI is InChI=1S/C10H8O/c1-3-8-6-5-7-10(11)9(8)4-2/h2-3,5-7,11H,1H2. The highest BCUT2D eigenvalue weighted by Crippen LogP contribution is 2.19. The summed E-state index contributed by atoms with van der Waals surface area (Å²) in [7, 11) is 0. The number of aromatic hydroxyl groups is 1. The highest BCUT2D eigenvalue weighted by Gasteiger charge is 1.99. The molecule has 0 aromatic heterocycles. The predicted molar refractivity (Wildman–Crippen MR) is 46.1 cm³/mol. The number of rotatable bonds is 1. The number of phenols is 1. The van der Waals surface area contributed by atoms with Gasteiger partial charge < -0.3 is 5.11 Å². The van der Waals surface area contributed by atoms with Crippen LogP contribution in [0.2, 0.25) is 0 Å². The Morgan fingerprint density at radius 1 is 1.55 bits per heavy atom. The van der Waals surface area contributed by atoms with Gasteiger partial charge in [-0.1, -0.05) is 30.7 Å². The predicted octanol–water partition coefficient (Wildman–Crippen LogP) is 2.02. The van der Waals surface area contributed by atoms with Crippen molar-refractivity contribution in [2.24, 2.45) is 0 Å². The fourth-order valence-corrected chi connectivity index (χ4v) is 0.885. The van der Waals surface area contributed by atoms with Gasteiger partial charge in [-0.2, -0.15) is 0 Å². The summed E-state index contributed by atoms with van der Waals surface area (Å²) < 4.78 is 0. The topological polar surface area (TPSA) is 20.2 Å². The van der Waals surface area contributed by atoms with E-state index in [2.05, 4.69) is 12.5 Å². The molecule has 0 aliphatic rings. The quantitative estimate of drug-likeness (QED) is 0.598. The van der Waals surface area contributed by atoms with Crippen LogP contribution in [-0.4, -0.2) is 5.11 Å². The first kappa shape index (κ1) is 7.43. The Morgan fingerprint density at radius 3 is 2.73 bits per heavy atom. The van der Waals surface area contributed by atoms with Crippen LogP contribution in [0.25, 0.3) is 6.08 Å². The van der Waals surface area contributed by atoms with E-state index in [0.717, 1.165) is 5.56 Å². The van der Waals surface area contributed by atoms with Crippen molar-refractivity contribution >= 4 is 6.08 Å². The van der Waals surface area contributed by atoms with E-state index in [9.17, 15) is 5.11 Å². The van der Waals surface area contributed by atoms with Crippen molar-refractivity contribution in [3.8, 4) is 18.1 Å². The molecule has 0 unspecified atom stereocenters. The molecular formula is C10H8O. The smallest absolute Gasteiger partial charge is 0.131 e. The highest BCUT2D eigenvalue weighted by molar-refractivity contribution is 5.62. The molecule has 1 nitrogen and oxygen atoms in total. The van der Waals surface area contributed by atoms with Gasteiger partial charge in [0.15, 0.2) is 0 Å². The third kappa shape index (κ3) is 1.25. The molecule has 1 aromatic carbocycles. The van der Waals surface area contributed by atoms with Gasteiger partial charge in [-0.25, -0.2) is 0 Å². The molecule has 0 saturated carbocycles. The fraction of sp³-hybridized carbons (Fsp3) is 0. The van der Waals surface area contributed by atoms with Crippen molar-refractivity contribution < 1.29 is 5.11 Å².